The smallest absolute Gasteiger partial charge is 0.150 e. The van der Waals surface area contributed by atoms with Crippen molar-refractivity contribution in [2.24, 2.45) is 5.92 Å². The standard InChI is InChI=1S/C10H14O/c1-7-4-8(2)9(3)10(5-7)6-11/h5-6,8H,4H2,1-3H3. The molecule has 1 unspecified atom stereocenters. The van der Waals surface area contributed by atoms with E-state index in [9.17, 15) is 4.79 Å². The van der Waals surface area contributed by atoms with Crippen LogP contribution in [0.4, 0.5) is 0 Å². The summed E-state index contributed by atoms with van der Waals surface area (Å²) in [5.74, 6) is 0.542. The summed E-state index contributed by atoms with van der Waals surface area (Å²) in [4.78, 5) is 10.6. The molecule has 0 saturated carbocycles. The van der Waals surface area contributed by atoms with E-state index in [1.807, 2.05) is 13.0 Å². The van der Waals surface area contributed by atoms with Crippen molar-refractivity contribution in [3.05, 3.63) is 22.8 Å². The molecule has 1 atom stereocenters. The summed E-state index contributed by atoms with van der Waals surface area (Å²) in [6.07, 6.45) is 4.04. The Kier molecular flexibility index (Phi) is 2.28. The molecule has 1 rings (SSSR count). The van der Waals surface area contributed by atoms with Crippen molar-refractivity contribution < 1.29 is 4.79 Å². The van der Waals surface area contributed by atoms with Crippen LogP contribution in [0.1, 0.15) is 27.2 Å². The largest absolute Gasteiger partial charge is 0.298 e. The van der Waals surface area contributed by atoms with Gasteiger partial charge in [0.05, 0.1) is 0 Å². The number of carbonyl (C=O) groups excluding carboxylic acids is 1. The van der Waals surface area contributed by atoms with E-state index in [1.54, 1.807) is 0 Å². The SMILES string of the molecule is CC1=CC(C=O)=C(C)C(C)C1. The second-order valence-corrected chi connectivity index (χ2v) is 3.35. The Morgan fingerprint density at radius 1 is 1.55 bits per heavy atom. The van der Waals surface area contributed by atoms with E-state index in [4.69, 9.17) is 0 Å². The van der Waals surface area contributed by atoms with Crippen LogP contribution < -0.4 is 0 Å². The van der Waals surface area contributed by atoms with Crippen molar-refractivity contribution in [3.8, 4) is 0 Å². The van der Waals surface area contributed by atoms with Gasteiger partial charge in [-0.1, -0.05) is 24.1 Å². The van der Waals surface area contributed by atoms with Gasteiger partial charge in [0.2, 0.25) is 0 Å². The van der Waals surface area contributed by atoms with Crippen molar-refractivity contribution in [1.29, 1.82) is 0 Å². The Hall–Kier alpha value is -0.850. The van der Waals surface area contributed by atoms with Crippen LogP contribution in [0, 0.1) is 5.92 Å². The zero-order valence-corrected chi connectivity index (χ0v) is 7.35. The molecule has 0 bridgehead atoms. The lowest BCUT2D eigenvalue weighted by Gasteiger charge is -2.19. The van der Waals surface area contributed by atoms with Gasteiger partial charge in [-0.3, -0.25) is 4.79 Å². The first kappa shape index (κ1) is 8.25. The molecule has 1 nitrogen and oxygen atoms in total. The van der Waals surface area contributed by atoms with Gasteiger partial charge in [0, 0.05) is 5.57 Å². The summed E-state index contributed by atoms with van der Waals surface area (Å²) < 4.78 is 0. The predicted molar refractivity (Wildman–Crippen MR) is 46.3 cm³/mol. The summed E-state index contributed by atoms with van der Waals surface area (Å²) in [5, 5.41) is 0. The third kappa shape index (κ3) is 1.59. The van der Waals surface area contributed by atoms with Gasteiger partial charge in [0.1, 0.15) is 6.29 Å². The second-order valence-electron chi connectivity index (χ2n) is 3.35. The fourth-order valence-corrected chi connectivity index (χ4v) is 1.49. The van der Waals surface area contributed by atoms with E-state index < -0.39 is 0 Å². The highest BCUT2D eigenvalue weighted by Crippen LogP contribution is 2.27. The van der Waals surface area contributed by atoms with E-state index >= 15 is 0 Å². The van der Waals surface area contributed by atoms with Crippen LogP contribution in [-0.2, 0) is 4.79 Å². The van der Waals surface area contributed by atoms with Gasteiger partial charge >= 0.3 is 0 Å². The Morgan fingerprint density at radius 3 is 2.73 bits per heavy atom. The Bertz CT molecular complexity index is 233. The van der Waals surface area contributed by atoms with Crippen molar-refractivity contribution >= 4 is 6.29 Å². The molecular weight excluding hydrogens is 136 g/mol. The molecule has 1 heteroatoms. The van der Waals surface area contributed by atoms with Gasteiger partial charge in [-0.25, -0.2) is 0 Å². The van der Waals surface area contributed by atoms with E-state index in [0.29, 0.717) is 5.92 Å². The molecule has 0 aromatic carbocycles. The maximum Gasteiger partial charge on any atom is 0.150 e. The molecule has 0 radical (unpaired) electrons. The highest BCUT2D eigenvalue weighted by molar-refractivity contribution is 5.79. The summed E-state index contributed by atoms with van der Waals surface area (Å²) in [7, 11) is 0. The molecule has 1 aliphatic rings. The predicted octanol–water partition coefficient (Wildman–Crippen LogP) is 2.49. The average molecular weight is 150 g/mol. The third-order valence-electron chi connectivity index (χ3n) is 2.35. The molecule has 0 spiro atoms. The lowest BCUT2D eigenvalue weighted by molar-refractivity contribution is -0.104. The number of hydrogen-bond donors (Lipinski definition) is 0. The topological polar surface area (TPSA) is 17.1 Å². The lowest BCUT2D eigenvalue weighted by Crippen LogP contribution is -2.06. The number of hydrogen-bond acceptors (Lipinski definition) is 1. The monoisotopic (exact) mass is 150 g/mol. The van der Waals surface area contributed by atoms with Crippen molar-refractivity contribution in [2.75, 3.05) is 0 Å². The summed E-state index contributed by atoms with van der Waals surface area (Å²) in [5.41, 5.74) is 3.41. The van der Waals surface area contributed by atoms with Crippen LogP contribution in [0.5, 0.6) is 0 Å². The minimum absolute atomic E-state index is 0.542. The van der Waals surface area contributed by atoms with Crippen LogP contribution >= 0.6 is 0 Å². The molecular formula is C10H14O. The molecule has 1 aliphatic carbocycles. The summed E-state index contributed by atoms with van der Waals surface area (Å²) in [6, 6.07) is 0. The van der Waals surface area contributed by atoms with Gasteiger partial charge in [-0.05, 0) is 26.2 Å². The minimum Gasteiger partial charge on any atom is -0.298 e. The first-order valence-electron chi connectivity index (χ1n) is 3.98. The summed E-state index contributed by atoms with van der Waals surface area (Å²) in [6.45, 7) is 6.28. The second kappa shape index (κ2) is 3.04. The normalized spacial score (nSPS) is 25.0. The molecule has 60 valence electrons. The fourth-order valence-electron chi connectivity index (χ4n) is 1.49. The zero-order valence-electron chi connectivity index (χ0n) is 7.35. The number of aldehydes is 1. The molecule has 0 amide bonds. The third-order valence-corrected chi connectivity index (χ3v) is 2.35. The Labute approximate surface area is 67.8 Å². The molecule has 0 heterocycles. The van der Waals surface area contributed by atoms with Gasteiger partial charge in [-0.15, -0.1) is 0 Å². The fraction of sp³-hybridized carbons (Fsp3) is 0.500. The van der Waals surface area contributed by atoms with Gasteiger partial charge in [-0.2, -0.15) is 0 Å². The van der Waals surface area contributed by atoms with Crippen LogP contribution in [0.3, 0.4) is 0 Å². The molecule has 0 aliphatic heterocycles. The quantitative estimate of drug-likeness (QED) is 0.525. The van der Waals surface area contributed by atoms with Crippen molar-refractivity contribution in [1.82, 2.24) is 0 Å². The first-order valence-corrected chi connectivity index (χ1v) is 3.98. The van der Waals surface area contributed by atoms with E-state index in [1.165, 1.54) is 11.1 Å². The van der Waals surface area contributed by atoms with Gasteiger partial charge in [0.15, 0.2) is 0 Å². The van der Waals surface area contributed by atoms with Crippen molar-refractivity contribution in [2.45, 2.75) is 27.2 Å². The van der Waals surface area contributed by atoms with E-state index in [2.05, 4.69) is 13.8 Å². The van der Waals surface area contributed by atoms with Gasteiger partial charge < -0.3 is 0 Å². The van der Waals surface area contributed by atoms with Crippen molar-refractivity contribution in [3.63, 3.8) is 0 Å². The number of carbonyl (C=O) groups is 1. The maximum atomic E-state index is 10.6. The summed E-state index contributed by atoms with van der Waals surface area (Å²) >= 11 is 0. The molecule has 0 aromatic rings. The average Bonchev–Trinajstić information content (AvgIpc) is 1.96. The van der Waals surface area contributed by atoms with E-state index in [-0.39, 0.29) is 0 Å². The molecule has 0 N–H and O–H groups in total. The van der Waals surface area contributed by atoms with Crippen LogP contribution in [-0.4, -0.2) is 6.29 Å². The molecule has 0 saturated heterocycles. The molecule has 0 aromatic heterocycles. The van der Waals surface area contributed by atoms with Gasteiger partial charge in [0.25, 0.3) is 0 Å². The number of allylic oxidation sites excluding steroid dienone is 4. The van der Waals surface area contributed by atoms with Crippen LogP contribution in [0.15, 0.2) is 22.8 Å². The molecule has 0 fully saturated rings. The lowest BCUT2D eigenvalue weighted by atomic mass is 9.86. The highest BCUT2D eigenvalue weighted by atomic mass is 16.1. The Balaban J connectivity index is 3.01. The highest BCUT2D eigenvalue weighted by Gasteiger charge is 2.13. The number of rotatable bonds is 1. The minimum atomic E-state index is 0.542. The Morgan fingerprint density at radius 2 is 2.18 bits per heavy atom. The van der Waals surface area contributed by atoms with Crippen LogP contribution in [0.2, 0.25) is 0 Å². The zero-order chi connectivity index (χ0) is 8.43. The van der Waals surface area contributed by atoms with E-state index in [0.717, 1.165) is 18.3 Å². The first-order chi connectivity index (χ1) is 5.15. The van der Waals surface area contributed by atoms with Crippen LogP contribution in [0.25, 0.3) is 0 Å². The maximum absolute atomic E-state index is 10.6. The molecule has 11 heavy (non-hydrogen) atoms.